The van der Waals surface area contributed by atoms with Gasteiger partial charge in [0.25, 0.3) is 0 Å². The molecule has 0 N–H and O–H groups in total. The molecule has 15 heavy (non-hydrogen) atoms. The van der Waals surface area contributed by atoms with Gasteiger partial charge in [-0.05, 0) is 23.6 Å². The third-order valence-electron chi connectivity index (χ3n) is 2.47. The van der Waals surface area contributed by atoms with Crippen LogP contribution in [0.15, 0.2) is 24.3 Å². The fraction of sp³-hybridized carbons (Fsp3) is 0.286. The van der Waals surface area contributed by atoms with Crippen LogP contribution in [0.4, 0.5) is 0 Å². The van der Waals surface area contributed by atoms with E-state index in [2.05, 4.69) is 63.6 Å². The molecule has 0 bridgehead atoms. The molecule has 0 saturated heterocycles. The molecular formula is C14H19Zr. The standard InChI is InChI=1S/C10H9.C2H4.2CH3.Zr/c1-8-4-2-5-9-6-3-7-10(8)9;1-2;;;/h2-7H,1H3;1H,2H3;2*1H3;. The van der Waals surface area contributed by atoms with E-state index in [0.717, 1.165) is 0 Å². The third-order valence-corrected chi connectivity index (χ3v) is 5.31. The molecule has 1 aromatic rings. The van der Waals surface area contributed by atoms with Crippen LogP contribution in [-0.4, -0.2) is 3.71 Å². The Kier molecular flexibility index (Phi) is 5.39. The number of hydrogen-bond donors (Lipinski definition) is 0. The predicted octanol–water partition coefficient (Wildman–Crippen LogP) is 4.10. The fourth-order valence-corrected chi connectivity index (χ4v) is 1.32. The first-order chi connectivity index (χ1) is 7.15. The summed E-state index contributed by atoms with van der Waals surface area (Å²) >= 11 is -0.705. The summed E-state index contributed by atoms with van der Waals surface area (Å²) in [7, 11) is 0. The van der Waals surface area contributed by atoms with Gasteiger partial charge >= 0.3 is 41.2 Å². The van der Waals surface area contributed by atoms with Gasteiger partial charge in [-0.2, -0.15) is 0 Å². The van der Waals surface area contributed by atoms with Gasteiger partial charge in [0.15, 0.2) is 0 Å². The molecule has 0 saturated carbocycles. The van der Waals surface area contributed by atoms with Gasteiger partial charge in [-0.3, -0.25) is 0 Å². The van der Waals surface area contributed by atoms with E-state index >= 15 is 0 Å². The van der Waals surface area contributed by atoms with Crippen LogP contribution in [0.2, 0.25) is 9.26 Å². The van der Waals surface area contributed by atoms with Gasteiger partial charge in [0.2, 0.25) is 0 Å². The Morgan fingerprint density at radius 3 is 2.40 bits per heavy atom. The van der Waals surface area contributed by atoms with Gasteiger partial charge in [-0.25, -0.2) is 0 Å². The van der Waals surface area contributed by atoms with Crippen molar-refractivity contribution >= 4 is 9.78 Å². The van der Waals surface area contributed by atoms with E-state index in [-0.39, 0.29) is 0 Å². The monoisotopic (exact) mass is 277 g/mol. The normalized spacial score (nSPS) is 11.5. The van der Waals surface area contributed by atoms with Gasteiger partial charge in [0, 0.05) is 6.42 Å². The molecule has 0 aliphatic heterocycles. The Morgan fingerprint density at radius 2 is 1.87 bits per heavy atom. The van der Waals surface area contributed by atoms with Crippen LogP contribution in [0.3, 0.4) is 0 Å². The van der Waals surface area contributed by atoms with Crippen molar-refractivity contribution in [3.05, 3.63) is 47.4 Å². The minimum absolute atomic E-state index is 0.705. The summed E-state index contributed by atoms with van der Waals surface area (Å²) in [4.78, 5) is 0. The van der Waals surface area contributed by atoms with Crippen LogP contribution in [0.5, 0.6) is 0 Å². The minimum atomic E-state index is -0.705. The average molecular weight is 279 g/mol. The van der Waals surface area contributed by atoms with Crippen molar-refractivity contribution in [2.75, 3.05) is 0 Å². The van der Waals surface area contributed by atoms with E-state index in [1.165, 1.54) is 16.7 Å². The number of rotatable bonds is 0. The second-order valence-corrected chi connectivity index (χ2v) is 10.7. The first-order valence-corrected chi connectivity index (χ1v) is 11.7. The van der Waals surface area contributed by atoms with Crippen molar-refractivity contribution in [2.45, 2.75) is 23.1 Å². The third kappa shape index (κ3) is 3.99. The molecule has 1 heteroatoms. The summed E-state index contributed by atoms with van der Waals surface area (Å²) in [6.45, 7) is 4.30. The van der Waals surface area contributed by atoms with Gasteiger partial charge in [-0.15, -0.1) is 0 Å². The summed E-state index contributed by atoms with van der Waals surface area (Å²) in [5.41, 5.74) is 4.09. The molecule has 0 nitrogen and oxygen atoms in total. The maximum Gasteiger partial charge on any atom is 0.0131 e. The first kappa shape index (κ1) is 12.8. The molecule has 79 valence electrons. The molecule has 2 rings (SSSR count). The molecule has 0 unspecified atom stereocenters. The summed E-state index contributed by atoms with van der Waals surface area (Å²) in [6.07, 6.45) is 6.39. The molecule has 0 amide bonds. The van der Waals surface area contributed by atoms with E-state index < -0.39 is 21.3 Å². The zero-order valence-corrected chi connectivity index (χ0v) is 12.5. The molecule has 0 fully saturated rings. The Bertz CT molecular complexity index is 382. The molecule has 0 aromatic heterocycles. The van der Waals surface area contributed by atoms with Crippen molar-refractivity contribution in [1.82, 2.24) is 0 Å². The molecule has 0 spiro atoms. The molecule has 0 heterocycles. The Hall–Kier alpha value is -0.287. The summed E-state index contributed by atoms with van der Waals surface area (Å²) in [5.74, 6) is 0. The summed E-state index contributed by atoms with van der Waals surface area (Å²) in [6, 6.07) is 6.38. The van der Waals surface area contributed by atoms with Crippen LogP contribution in [0.1, 0.15) is 23.6 Å². The number of benzene rings is 1. The molecule has 1 aromatic carbocycles. The second kappa shape index (κ2) is 6.33. The number of fused-ring (bicyclic) bond motifs is 1. The topological polar surface area (TPSA) is 0 Å². The molecular weight excluding hydrogens is 259 g/mol. The van der Waals surface area contributed by atoms with Crippen LogP contribution < -0.4 is 0 Å². The quantitative estimate of drug-likeness (QED) is 0.670. The fourth-order valence-electron chi connectivity index (χ4n) is 1.32. The van der Waals surface area contributed by atoms with Crippen molar-refractivity contribution < 1.29 is 21.3 Å². The second-order valence-electron chi connectivity index (χ2n) is 3.97. The van der Waals surface area contributed by atoms with Crippen LogP contribution in [0.25, 0.3) is 6.08 Å². The Morgan fingerprint density at radius 1 is 1.20 bits per heavy atom. The van der Waals surface area contributed by atoms with E-state index in [0.29, 0.717) is 0 Å². The van der Waals surface area contributed by atoms with Crippen molar-refractivity contribution in [1.29, 1.82) is 0 Å². The zero-order chi connectivity index (χ0) is 11.3. The summed E-state index contributed by atoms with van der Waals surface area (Å²) < 4.78 is 7.09. The SMILES string of the molecule is C[CH]=[Zr]([CH3])[CH3].Cc1cccc2c1C=C[CH]2. The average Bonchev–Trinajstić information content (AvgIpc) is 2.68. The van der Waals surface area contributed by atoms with Gasteiger partial charge in [-0.1, -0.05) is 30.4 Å². The minimum Gasteiger partial charge on any atom is -0.0754 e. The van der Waals surface area contributed by atoms with E-state index in [4.69, 9.17) is 0 Å². The summed E-state index contributed by atoms with van der Waals surface area (Å²) in [5, 5.41) is 0. The molecule has 1 aliphatic rings. The van der Waals surface area contributed by atoms with Gasteiger partial charge < -0.3 is 0 Å². The molecule has 0 atom stereocenters. The van der Waals surface area contributed by atoms with Crippen LogP contribution in [-0.2, 0) is 21.3 Å². The van der Waals surface area contributed by atoms with Crippen LogP contribution in [0, 0.1) is 13.3 Å². The maximum absolute atomic E-state index is 2.36. The smallest absolute Gasteiger partial charge is 0.0131 e. The largest absolute Gasteiger partial charge is 0.0754 e. The predicted molar refractivity (Wildman–Crippen MR) is 67.1 cm³/mol. The molecule has 1 radical (unpaired) electrons. The Labute approximate surface area is 101 Å². The van der Waals surface area contributed by atoms with E-state index in [1.807, 2.05) is 0 Å². The maximum atomic E-state index is 2.36. The number of allylic oxidation sites excluding steroid dienone is 1. The van der Waals surface area contributed by atoms with Gasteiger partial charge in [0.1, 0.15) is 0 Å². The first-order valence-electron chi connectivity index (χ1n) is 5.35. The van der Waals surface area contributed by atoms with Crippen LogP contribution >= 0.6 is 0 Å². The van der Waals surface area contributed by atoms with Crippen molar-refractivity contribution in [2.24, 2.45) is 0 Å². The van der Waals surface area contributed by atoms with E-state index in [9.17, 15) is 0 Å². The number of aryl methyl sites for hydroxylation is 1. The van der Waals surface area contributed by atoms with Gasteiger partial charge in [0.05, 0.1) is 0 Å². The van der Waals surface area contributed by atoms with Crippen molar-refractivity contribution in [3.63, 3.8) is 0 Å². The van der Waals surface area contributed by atoms with Crippen molar-refractivity contribution in [3.8, 4) is 0 Å². The Balaban J connectivity index is 0.000000195. The number of hydrogen-bond acceptors (Lipinski definition) is 0. The van der Waals surface area contributed by atoms with E-state index in [1.54, 1.807) is 0 Å². The molecule has 1 aliphatic carbocycles. The zero-order valence-electron chi connectivity index (χ0n) is 10.0.